The predicted octanol–water partition coefficient (Wildman–Crippen LogP) is 3.63. The van der Waals surface area contributed by atoms with Gasteiger partial charge >= 0.3 is 11.9 Å². The van der Waals surface area contributed by atoms with Crippen LogP contribution in [0.2, 0.25) is 5.02 Å². The maximum Gasteiger partial charge on any atom is 0.337 e. The fourth-order valence-corrected chi connectivity index (χ4v) is 2.34. The van der Waals surface area contributed by atoms with E-state index in [2.05, 4.69) is 10.1 Å². The Morgan fingerprint density at radius 3 is 2.59 bits per heavy atom. The lowest BCUT2D eigenvalue weighted by Crippen LogP contribution is -2.21. The van der Waals surface area contributed by atoms with Gasteiger partial charge in [0.1, 0.15) is 0 Å². The standard InChI is InChI=1S/C20H18ClNO5/c1-13-7-8-15(20(25)26-2)11-17(13)22-18(23)12-27-19(24)10-9-14-5-3-4-6-16(14)21/h3-11H,12H2,1-2H3,(H,22,23)/b10-9+. The van der Waals surface area contributed by atoms with Crippen LogP contribution >= 0.6 is 11.6 Å². The van der Waals surface area contributed by atoms with Gasteiger partial charge in [-0.15, -0.1) is 0 Å². The number of nitrogens with one attached hydrogen (secondary N) is 1. The number of hydrogen-bond donors (Lipinski definition) is 1. The van der Waals surface area contributed by atoms with Gasteiger partial charge in [-0.1, -0.05) is 35.9 Å². The molecule has 0 unspecified atom stereocenters. The van der Waals surface area contributed by atoms with Gasteiger partial charge in [-0.3, -0.25) is 4.79 Å². The minimum Gasteiger partial charge on any atom is -0.465 e. The van der Waals surface area contributed by atoms with E-state index in [1.165, 1.54) is 25.3 Å². The SMILES string of the molecule is COC(=O)c1ccc(C)c(NC(=O)COC(=O)/C=C/c2ccccc2Cl)c1. The summed E-state index contributed by atoms with van der Waals surface area (Å²) in [6.45, 7) is 1.31. The molecular formula is C20H18ClNO5. The second-order valence-electron chi connectivity index (χ2n) is 5.53. The van der Waals surface area contributed by atoms with Gasteiger partial charge in [-0.05, 0) is 42.3 Å². The summed E-state index contributed by atoms with van der Waals surface area (Å²) >= 11 is 5.99. The van der Waals surface area contributed by atoms with Gasteiger partial charge in [0, 0.05) is 16.8 Å². The molecule has 6 nitrogen and oxygen atoms in total. The van der Waals surface area contributed by atoms with Gasteiger partial charge < -0.3 is 14.8 Å². The van der Waals surface area contributed by atoms with Crippen molar-refractivity contribution in [2.24, 2.45) is 0 Å². The van der Waals surface area contributed by atoms with E-state index < -0.39 is 24.5 Å². The number of esters is 2. The summed E-state index contributed by atoms with van der Waals surface area (Å²) in [6.07, 6.45) is 2.70. The first-order valence-corrected chi connectivity index (χ1v) is 8.36. The highest BCUT2D eigenvalue weighted by atomic mass is 35.5. The smallest absolute Gasteiger partial charge is 0.337 e. The molecule has 2 aromatic rings. The van der Waals surface area contributed by atoms with Crippen molar-refractivity contribution in [2.75, 3.05) is 19.0 Å². The third-order valence-electron chi connectivity index (χ3n) is 3.58. The minimum atomic E-state index is -0.676. The second-order valence-corrected chi connectivity index (χ2v) is 5.94. The van der Waals surface area contributed by atoms with E-state index in [1.54, 1.807) is 43.3 Å². The number of carbonyl (C=O) groups is 3. The fraction of sp³-hybridized carbons (Fsp3) is 0.150. The lowest BCUT2D eigenvalue weighted by molar-refractivity contribution is -0.142. The Morgan fingerprint density at radius 2 is 1.89 bits per heavy atom. The zero-order valence-corrected chi connectivity index (χ0v) is 15.6. The van der Waals surface area contributed by atoms with E-state index in [0.717, 1.165) is 5.56 Å². The summed E-state index contributed by atoms with van der Waals surface area (Å²) in [7, 11) is 1.27. The van der Waals surface area contributed by atoms with Crippen LogP contribution in [0.15, 0.2) is 48.5 Å². The van der Waals surface area contributed by atoms with Crippen molar-refractivity contribution in [1.82, 2.24) is 0 Å². The van der Waals surface area contributed by atoms with E-state index >= 15 is 0 Å². The molecule has 27 heavy (non-hydrogen) atoms. The average Bonchev–Trinajstić information content (AvgIpc) is 2.66. The van der Waals surface area contributed by atoms with Crippen LogP contribution in [0.3, 0.4) is 0 Å². The Bertz CT molecular complexity index is 892. The van der Waals surface area contributed by atoms with Gasteiger partial charge in [-0.25, -0.2) is 9.59 Å². The van der Waals surface area contributed by atoms with Crippen LogP contribution in [0.4, 0.5) is 5.69 Å². The molecule has 1 N–H and O–H groups in total. The Kier molecular flexibility index (Phi) is 7.14. The summed E-state index contributed by atoms with van der Waals surface area (Å²) in [5.41, 5.74) is 2.15. The van der Waals surface area contributed by atoms with Gasteiger partial charge in [-0.2, -0.15) is 0 Å². The predicted molar refractivity (Wildman–Crippen MR) is 103 cm³/mol. The summed E-state index contributed by atoms with van der Waals surface area (Å²) in [4.78, 5) is 35.3. The average molecular weight is 388 g/mol. The Hall–Kier alpha value is -3.12. The van der Waals surface area contributed by atoms with Crippen molar-refractivity contribution >= 4 is 41.2 Å². The number of rotatable bonds is 6. The van der Waals surface area contributed by atoms with E-state index in [1.807, 2.05) is 0 Å². The lowest BCUT2D eigenvalue weighted by atomic mass is 10.1. The number of halogens is 1. The highest BCUT2D eigenvalue weighted by molar-refractivity contribution is 6.32. The minimum absolute atomic E-state index is 0.304. The normalized spacial score (nSPS) is 10.5. The molecule has 0 aliphatic heterocycles. The van der Waals surface area contributed by atoms with Crippen molar-refractivity contribution < 1.29 is 23.9 Å². The van der Waals surface area contributed by atoms with E-state index in [-0.39, 0.29) is 0 Å². The number of methoxy groups -OCH3 is 1. The molecule has 0 bridgehead atoms. The number of aryl methyl sites for hydroxylation is 1. The first-order chi connectivity index (χ1) is 12.9. The largest absolute Gasteiger partial charge is 0.465 e. The first kappa shape index (κ1) is 20.2. The number of ether oxygens (including phenoxy) is 2. The van der Waals surface area contributed by atoms with Crippen LogP contribution in [-0.4, -0.2) is 31.6 Å². The maximum atomic E-state index is 12.0. The van der Waals surface area contributed by atoms with E-state index in [9.17, 15) is 14.4 Å². The third-order valence-corrected chi connectivity index (χ3v) is 3.93. The topological polar surface area (TPSA) is 81.7 Å². The van der Waals surface area contributed by atoms with Crippen LogP contribution < -0.4 is 5.32 Å². The van der Waals surface area contributed by atoms with Crippen LogP contribution in [-0.2, 0) is 19.1 Å². The number of carbonyl (C=O) groups excluding carboxylic acids is 3. The zero-order valence-electron chi connectivity index (χ0n) is 14.8. The number of hydrogen-bond acceptors (Lipinski definition) is 5. The summed E-state index contributed by atoms with van der Waals surface area (Å²) < 4.78 is 9.55. The highest BCUT2D eigenvalue weighted by Crippen LogP contribution is 2.18. The molecule has 1 amide bonds. The Balaban J connectivity index is 1.92. The summed E-state index contributed by atoms with van der Waals surface area (Å²) in [6, 6.07) is 11.8. The molecule has 0 saturated heterocycles. The van der Waals surface area contributed by atoms with E-state index in [4.69, 9.17) is 16.3 Å². The fourth-order valence-electron chi connectivity index (χ4n) is 2.14. The van der Waals surface area contributed by atoms with Crippen LogP contribution in [0, 0.1) is 6.92 Å². The van der Waals surface area contributed by atoms with Crippen molar-refractivity contribution in [3.63, 3.8) is 0 Å². The third kappa shape index (κ3) is 5.97. The van der Waals surface area contributed by atoms with Crippen LogP contribution in [0.5, 0.6) is 0 Å². The van der Waals surface area contributed by atoms with Gasteiger partial charge in [0.05, 0.1) is 12.7 Å². The molecule has 140 valence electrons. The monoisotopic (exact) mass is 387 g/mol. The van der Waals surface area contributed by atoms with Crippen molar-refractivity contribution in [3.05, 3.63) is 70.3 Å². The molecule has 0 aromatic heterocycles. The quantitative estimate of drug-likeness (QED) is 0.604. The summed E-state index contributed by atoms with van der Waals surface area (Å²) in [5.74, 6) is -1.72. The second kappa shape index (κ2) is 9.54. The summed E-state index contributed by atoms with van der Waals surface area (Å²) in [5, 5.41) is 3.10. The number of amides is 1. The van der Waals surface area contributed by atoms with Crippen molar-refractivity contribution in [1.29, 1.82) is 0 Å². The zero-order chi connectivity index (χ0) is 19.8. The maximum absolute atomic E-state index is 12.0. The number of anilines is 1. The van der Waals surface area contributed by atoms with Crippen LogP contribution in [0.1, 0.15) is 21.5 Å². The molecule has 0 atom stereocenters. The number of benzene rings is 2. The van der Waals surface area contributed by atoms with E-state index in [0.29, 0.717) is 21.8 Å². The Labute approximate surface area is 161 Å². The molecule has 7 heteroatoms. The highest BCUT2D eigenvalue weighted by Gasteiger charge is 2.11. The molecule has 0 heterocycles. The lowest BCUT2D eigenvalue weighted by Gasteiger charge is -2.10. The van der Waals surface area contributed by atoms with Gasteiger partial charge in [0.2, 0.25) is 0 Å². The van der Waals surface area contributed by atoms with Crippen molar-refractivity contribution in [2.45, 2.75) is 6.92 Å². The molecule has 0 aliphatic carbocycles. The molecule has 0 aliphatic rings. The first-order valence-electron chi connectivity index (χ1n) is 7.99. The van der Waals surface area contributed by atoms with Gasteiger partial charge in [0.25, 0.3) is 5.91 Å². The molecular weight excluding hydrogens is 370 g/mol. The van der Waals surface area contributed by atoms with Crippen LogP contribution in [0.25, 0.3) is 6.08 Å². The Morgan fingerprint density at radius 1 is 1.15 bits per heavy atom. The van der Waals surface area contributed by atoms with Crippen molar-refractivity contribution in [3.8, 4) is 0 Å². The molecule has 0 saturated carbocycles. The molecule has 0 radical (unpaired) electrons. The molecule has 2 rings (SSSR count). The molecule has 0 fully saturated rings. The molecule has 2 aromatic carbocycles. The van der Waals surface area contributed by atoms with Gasteiger partial charge in [0.15, 0.2) is 6.61 Å². The molecule has 0 spiro atoms.